The van der Waals surface area contributed by atoms with Gasteiger partial charge < -0.3 is 0 Å². The van der Waals surface area contributed by atoms with E-state index in [1.807, 2.05) is 11.1 Å². The Kier molecular flexibility index (Phi) is 0.633. The van der Waals surface area contributed by atoms with Crippen LogP contribution in [0.15, 0.2) is 11.1 Å². The van der Waals surface area contributed by atoms with Crippen molar-refractivity contribution >= 4 is 0 Å². The third-order valence-corrected chi connectivity index (χ3v) is 3.52. The first-order chi connectivity index (χ1) is 4.45. The van der Waals surface area contributed by atoms with Gasteiger partial charge in [-0.15, -0.1) is 0 Å². The number of hydrogen-bond donors (Lipinski definition) is 0. The third-order valence-electron chi connectivity index (χ3n) is 3.52. The van der Waals surface area contributed by atoms with Gasteiger partial charge in [-0.2, -0.15) is 0 Å². The molecule has 0 spiro atoms. The molecular weight excluding hydrogens is 108 g/mol. The molecule has 0 aliphatic heterocycles. The summed E-state index contributed by atoms with van der Waals surface area (Å²) in [5.41, 5.74) is 3.77. The Bertz CT molecular complexity index is 188. The van der Waals surface area contributed by atoms with Gasteiger partial charge in [0, 0.05) is 0 Å². The summed E-state index contributed by atoms with van der Waals surface area (Å²) in [6, 6.07) is 0. The van der Waals surface area contributed by atoms with Gasteiger partial charge in [0.15, 0.2) is 0 Å². The zero-order valence-electron chi connectivity index (χ0n) is 5.69. The van der Waals surface area contributed by atoms with Crippen LogP contribution in [0, 0.1) is 11.8 Å². The molecule has 2 saturated carbocycles. The fraction of sp³-hybridized carbons (Fsp3) is 0.778. The highest BCUT2D eigenvalue weighted by Gasteiger charge is 2.43. The van der Waals surface area contributed by atoms with Crippen LogP contribution in [0.3, 0.4) is 0 Å². The van der Waals surface area contributed by atoms with Gasteiger partial charge in [0.05, 0.1) is 0 Å². The fourth-order valence-electron chi connectivity index (χ4n) is 2.93. The molecule has 0 heterocycles. The molecule has 2 bridgehead atoms. The molecule has 0 heteroatoms. The van der Waals surface area contributed by atoms with E-state index in [1.54, 1.807) is 0 Å². The number of hydrogen-bond acceptors (Lipinski definition) is 0. The zero-order valence-corrected chi connectivity index (χ0v) is 5.69. The van der Waals surface area contributed by atoms with E-state index in [2.05, 4.69) is 0 Å². The lowest BCUT2D eigenvalue weighted by Gasteiger charge is -2.33. The zero-order chi connectivity index (χ0) is 5.84. The van der Waals surface area contributed by atoms with Crippen molar-refractivity contribution in [2.75, 3.05) is 0 Å². The Hall–Kier alpha value is -0.260. The molecule has 0 aromatic rings. The Morgan fingerprint density at radius 1 is 1.11 bits per heavy atom. The molecule has 0 aromatic carbocycles. The van der Waals surface area contributed by atoms with Crippen molar-refractivity contribution < 1.29 is 0 Å². The highest BCUT2D eigenvalue weighted by Crippen LogP contribution is 2.56. The van der Waals surface area contributed by atoms with Crippen molar-refractivity contribution in [1.82, 2.24) is 0 Å². The van der Waals surface area contributed by atoms with Crippen molar-refractivity contribution in [1.29, 1.82) is 0 Å². The number of rotatable bonds is 0. The van der Waals surface area contributed by atoms with Crippen LogP contribution < -0.4 is 0 Å². The van der Waals surface area contributed by atoms with E-state index in [1.165, 1.54) is 32.1 Å². The van der Waals surface area contributed by atoms with Crippen molar-refractivity contribution in [3.63, 3.8) is 0 Å². The molecule has 3 aliphatic rings. The van der Waals surface area contributed by atoms with E-state index in [-0.39, 0.29) is 0 Å². The highest BCUT2D eigenvalue weighted by molar-refractivity contribution is 5.33. The summed E-state index contributed by atoms with van der Waals surface area (Å²) in [6.07, 6.45) is 7.50. The molecule has 2 fully saturated rings. The molecule has 2 unspecified atom stereocenters. The summed E-state index contributed by atoms with van der Waals surface area (Å²) in [6.45, 7) is 0. The Balaban J connectivity index is 2.12. The molecule has 0 aromatic heterocycles. The minimum Gasteiger partial charge on any atom is -0.0704 e. The first-order valence-electron chi connectivity index (χ1n) is 4.16. The Labute approximate surface area is 56.0 Å². The van der Waals surface area contributed by atoms with Gasteiger partial charge in [-0.1, -0.05) is 11.1 Å². The van der Waals surface area contributed by atoms with E-state index in [4.69, 9.17) is 0 Å². The monoisotopic (exact) mass is 120 g/mol. The van der Waals surface area contributed by atoms with Crippen LogP contribution in [-0.2, 0) is 0 Å². The summed E-state index contributed by atoms with van der Waals surface area (Å²) >= 11 is 0. The second kappa shape index (κ2) is 1.25. The maximum Gasteiger partial charge on any atom is -0.0166 e. The lowest BCUT2D eigenvalue weighted by molar-refractivity contribution is 0.314. The van der Waals surface area contributed by atoms with Crippen LogP contribution in [0.25, 0.3) is 0 Å². The second-order valence-electron chi connectivity index (χ2n) is 3.78. The molecule has 0 saturated heterocycles. The summed E-state index contributed by atoms with van der Waals surface area (Å²) in [5, 5.41) is 0. The van der Waals surface area contributed by atoms with Gasteiger partial charge in [0.1, 0.15) is 0 Å². The molecular formula is C9H12. The summed E-state index contributed by atoms with van der Waals surface area (Å²) in [5.74, 6) is 2.23. The van der Waals surface area contributed by atoms with Gasteiger partial charge in [-0.3, -0.25) is 0 Å². The largest absolute Gasteiger partial charge is 0.0704 e. The SMILES string of the molecule is C1CC2CC1=C1CCC12. The third kappa shape index (κ3) is 0.385. The number of allylic oxidation sites excluding steroid dienone is 2. The lowest BCUT2D eigenvalue weighted by Crippen LogP contribution is -2.20. The van der Waals surface area contributed by atoms with E-state index >= 15 is 0 Å². The molecule has 48 valence electrons. The van der Waals surface area contributed by atoms with Crippen LogP contribution in [0.1, 0.15) is 32.1 Å². The fourth-order valence-corrected chi connectivity index (χ4v) is 2.93. The minimum absolute atomic E-state index is 1.11. The predicted molar refractivity (Wildman–Crippen MR) is 37.1 cm³/mol. The van der Waals surface area contributed by atoms with Crippen LogP contribution in [-0.4, -0.2) is 0 Å². The minimum atomic E-state index is 1.11. The van der Waals surface area contributed by atoms with E-state index in [0.717, 1.165) is 11.8 Å². The summed E-state index contributed by atoms with van der Waals surface area (Å²) < 4.78 is 0. The van der Waals surface area contributed by atoms with E-state index in [0.29, 0.717) is 0 Å². The molecule has 0 amide bonds. The van der Waals surface area contributed by atoms with Crippen molar-refractivity contribution in [2.24, 2.45) is 11.8 Å². The molecule has 0 nitrogen and oxygen atoms in total. The smallest absolute Gasteiger partial charge is 0.0166 e. The highest BCUT2D eigenvalue weighted by atomic mass is 14.5. The average molecular weight is 120 g/mol. The molecule has 2 atom stereocenters. The standard InChI is InChI=1S/C9H12/c1-2-7-5-6(1)8-3-4-9(7)8/h6,8H,1-5H2. The van der Waals surface area contributed by atoms with Gasteiger partial charge >= 0.3 is 0 Å². The van der Waals surface area contributed by atoms with Crippen LogP contribution in [0.2, 0.25) is 0 Å². The Morgan fingerprint density at radius 2 is 2.11 bits per heavy atom. The van der Waals surface area contributed by atoms with Gasteiger partial charge in [-0.25, -0.2) is 0 Å². The normalized spacial score (nSPS) is 45.3. The van der Waals surface area contributed by atoms with Gasteiger partial charge in [0.25, 0.3) is 0 Å². The van der Waals surface area contributed by atoms with Crippen molar-refractivity contribution in [3.8, 4) is 0 Å². The van der Waals surface area contributed by atoms with E-state index in [9.17, 15) is 0 Å². The van der Waals surface area contributed by atoms with Gasteiger partial charge in [0.2, 0.25) is 0 Å². The quantitative estimate of drug-likeness (QED) is 0.431. The molecule has 3 rings (SSSR count). The van der Waals surface area contributed by atoms with Crippen molar-refractivity contribution in [3.05, 3.63) is 11.1 Å². The maximum absolute atomic E-state index is 1.89. The topological polar surface area (TPSA) is 0 Å². The molecule has 3 aliphatic carbocycles. The van der Waals surface area contributed by atoms with Crippen LogP contribution >= 0.6 is 0 Å². The first kappa shape index (κ1) is 4.54. The predicted octanol–water partition coefficient (Wildman–Crippen LogP) is 2.51. The Morgan fingerprint density at radius 3 is 2.56 bits per heavy atom. The first-order valence-corrected chi connectivity index (χ1v) is 4.16. The molecule has 0 N–H and O–H groups in total. The second-order valence-corrected chi connectivity index (χ2v) is 3.78. The maximum atomic E-state index is 1.89. The van der Waals surface area contributed by atoms with E-state index < -0.39 is 0 Å². The lowest BCUT2D eigenvalue weighted by atomic mass is 9.72. The van der Waals surface area contributed by atoms with Crippen LogP contribution in [0.4, 0.5) is 0 Å². The average Bonchev–Trinajstić information content (AvgIpc) is 2.18. The van der Waals surface area contributed by atoms with Crippen molar-refractivity contribution in [2.45, 2.75) is 32.1 Å². The molecule has 9 heavy (non-hydrogen) atoms. The number of fused-ring (bicyclic) bond motifs is 4. The van der Waals surface area contributed by atoms with Gasteiger partial charge in [-0.05, 0) is 43.9 Å². The summed E-state index contributed by atoms with van der Waals surface area (Å²) in [7, 11) is 0. The van der Waals surface area contributed by atoms with Crippen LogP contribution in [0.5, 0.6) is 0 Å². The summed E-state index contributed by atoms with van der Waals surface area (Å²) in [4.78, 5) is 0. The molecule has 0 radical (unpaired) electrons.